The van der Waals surface area contributed by atoms with Crippen molar-refractivity contribution in [2.75, 3.05) is 0 Å². The van der Waals surface area contributed by atoms with Crippen molar-refractivity contribution >= 4 is 78.3 Å². The van der Waals surface area contributed by atoms with Crippen molar-refractivity contribution in [3.63, 3.8) is 0 Å². The molecule has 0 amide bonds. The Morgan fingerprint density at radius 2 is 0.267 bits per heavy atom. The summed E-state index contributed by atoms with van der Waals surface area (Å²) >= 11 is 0. The summed E-state index contributed by atoms with van der Waals surface area (Å²) in [5.74, 6) is 0. The van der Waals surface area contributed by atoms with Crippen LogP contribution in [0.4, 0.5) is 0 Å². The first-order valence-electron chi connectivity index (χ1n) is 19.7. The van der Waals surface area contributed by atoms with Gasteiger partial charge in [0.2, 0.25) is 0 Å². The van der Waals surface area contributed by atoms with Crippen molar-refractivity contribution in [3.8, 4) is 0 Å². The van der Waals surface area contributed by atoms with Crippen LogP contribution in [0.15, 0.2) is 273 Å². The minimum atomic E-state index is -0.877. The molecule has 5 heteroatoms. The van der Waals surface area contributed by atoms with Gasteiger partial charge in [0, 0.05) is 0 Å². The van der Waals surface area contributed by atoms with E-state index in [4.69, 9.17) is 4.79 Å². The van der Waals surface area contributed by atoms with Gasteiger partial charge in [0.25, 0.3) is 0 Å². The zero-order valence-corrected chi connectivity index (χ0v) is 38.4. The molecule has 298 valence electrons. The van der Waals surface area contributed by atoms with E-state index in [-0.39, 0.29) is 19.5 Å². The summed E-state index contributed by atoms with van der Waals surface area (Å²) in [6.45, 7) is 3.25. The Morgan fingerprint density at radius 3 is 0.350 bits per heavy atom. The summed E-state index contributed by atoms with van der Waals surface area (Å²) in [6.07, 6.45) is 0. The molecule has 0 aliphatic rings. The van der Waals surface area contributed by atoms with E-state index >= 15 is 0 Å². The maximum atomic E-state index is 7.75. The molecule has 9 aromatic carbocycles. The van der Waals surface area contributed by atoms with Crippen molar-refractivity contribution in [2.45, 2.75) is 0 Å². The maximum absolute atomic E-state index is 7.75. The summed E-state index contributed by atoms with van der Waals surface area (Å²) in [5, 5.41) is 12.9. The molecule has 0 N–H and O–H groups in total. The zero-order valence-electron chi connectivity index (χ0n) is 33.4. The van der Waals surface area contributed by atoms with Gasteiger partial charge in [0.15, 0.2) is 0 Å². The molecular formula is C55H51OP3Ru+2. The Kier molecular flexibility index (Phi) is 19.7. The van der Waals surface area contributed by atoms with Gasteiger partial charge in [-0.15, -0.1) is 0 Å². The van der Waals surface area contributed by atoms with Crippen molar-refractivity contribution in [1.82, 2.24) is 0 Å². The molecule has 1 nitrogen and oxygen atoms in total. The molecule has 0 aromatic heterocycles. The number of carbonyl (C=O) groups excluding carboxylic acids is 1. The summed E-state index contributed by atoms with van der Waals surface area (Å²) in [5.41, 5.74) is 0. The summed E-state index contributed by atoms with van der Waals surface area (Å²) < 4.78 is 0. The molecule has 0 unspecified atom stereocenters. The number of benzene rings is 9. The van der Waals surface area contributed by atoms with E-state index in [1.807, 2.05) is 0 Å². The van der Waals surface area contributed by atoms with E-state index in [1.165, 1.54) is 47.7 Å². The van der Waals surface area contributed by atoms with Gasteiger partial charge in [0.05, 0.1) is 23.8 Å². The molecule has 0 radical (unpaired) electrons. The molecule has 9 rings (SSSR count). The molecular weight excluding hydrogens is 871 g/mol. The van der Waals surface area contributed by atoms with Crippen LogP contribution < -0.4 is 47.7 Å². The SMILES string of the molecule is [CH-]=O.[RuH2].c1ccc([PH+](c2ccccc2)c2ccccc2)cc1.c1ccc([PH+](c2ccccc2)c2ccccc2)cc1.c1ccc([PH+](c2ccccc2)c2ccccc2)cc1. The van der Waals surface area contributed by atoms with Crippen LogP contribution in [0, 0.1) is 0 Å². The second-order valence-corrected chi connectivity index (χ2v) is 20.9. The third-order valence-corrected chi connectivity index (χ3v) is 17.8. The van der Waals surface area contributed by atoms with Crippen LogP contribution in [0.1, 0.15) is 0 Å². The molecule has 0 atom stereocenters. The van der Waals surface area contributed by atoms with Crippen LogP contribution in [0.3, 0.4) is 0 Å². The molecule has 0 aliphatic carbocycles. The minimum Gasteiger partial charge on any atom is -0.0620 e. The zero-order chi connectivity index (χ0) is 40.7. The van der Waals surface area contributed by atoms with Crippen molar-refractivity contribution < 1.29 is 24.3 Å². The van der Waals surface area contributed by atoms with Gasteiger partial charge in [-0.3, -0.25) is 6.79 Å². The smallest absolute Gasteiger partial charge is 0.0620 e. The second-order valence-electron chi connectivity index (χ2n) is 13.4. The van der Waals surface area contributed by atoms with Crippen LogP contribution in [-0.4, -0.2) is 6.79 Å². The van der Waals surface area contributed by atoms with Crippen LogP contribution >= 0.6 is 23.8 Å². The molecule has 0 saturated carbocycles. The summed E-state index contributed by atoms with van der Waals surface area (Å²) in [6, 6.07) is 97.5. The van der Waals surface area contributed by atoms with E-state index < -0.39 is 23.8 Å². The van der Waals surface area contributed by atoms with Crippen LogP contribution in [0.5, 0.6) is 0 Å². The van der Waals surface area contributed by atoms with Gasteiger partial charge in [-0.25, -0.2) is 0 Å². The molecule has 0 fully saturated rings. The molecule has 0 bridgehead atoms. The van der Waals surface area contributed by atoms with Crippen LogP contribution in [0.2, 0.25) is 0 Å². The normalized spacial score (nSPS) is 10.1. The van der Waals surface area contributed by atoms with Crippen molar-refractivity contribution in [1.29, 1.82) is 0 Å². The van der Waals surface area contributed by atoms with Crippen molar-refractivity contribution in [3.05, 3.63) is 273 Å². The van der Waals surface area contributed by atoms with E-state index in [0.29, 0.717) is 0 Å². The molecule has 0 saturated heterocycles. The van der Waals surface area contributed by atoms with Crippen LogP contribution in [-0.2, 0) is 24.3 Å². The topological polar surface area (TPSA) is 17.1 Å². The van der Waals surface area contributed by atoms with Gasteiger partial charge in [-0.1, -0.05) is 164 Å². The van der Waals surface area contributed by atoms with Gasteiger partial charge in [0.1, 0.15) is 47.7 Å². The Morgan fingerprint density at radius 1 is 0.183 bits per heavy atom. The van der Waals surface area contributed by atoms with E-state index in [0.717, 1.165) is 0 Å². The monoisotopic (exact) mass is 922 g/mol. The van der Waals surface area contributed by atoms with Gasteiger partial charge in [-0.2, -0.15) is 0 Å². The first kappa shape index (κ1) is 45.6. The predicted octanol–water partition coefficient (Wildman–Crippen LogP) is 8.72. The third kappa shape index (κ3) is 13.3. The predicted molar refractivity (Wildman–Crippen MR) is 269 cm³/mol. The van der Waals surface area contributed by atoms with E-state index in [1.54, 1.807) is 0 Å². The van der Waals surface area contributed by atoms with Gasteiger partial charge in [-0.05, 0) is 109 Å². The van der Waals surface area contributed by atoms with E-state index in [2.05, 4.69) is 280 Å². The standard InChI is InChI=1S/3C18H15P.CHO.Ru.2H/c3*1-4-10-16(11-5-1)19(17-12-6-2-7-13-17)18-14-8-3-9-15-18;1-2;;;/h3*1-15H;1H;;;/q;;;-1;;;/p+3. The van der Waals surface area contributed by atoms with Crippen LogP contribution in [0.25, 0.3) is 0 Å². The number of hydrogen-bond donors (Lipinski definition) is 0. The average Bonchev–Trinajstić information content (AvgIpc) is 3.34. The third-order valence-electron chi connectivity index (χ3n) is 9.56. The quantitative estimate of drug-likeness (QED) is 0.0614. The maximum Gasteiger partial charge on any atom is 0.102 e. The molecule has 0 spiro atoms. The van der Waals surface area contributed by atoms with Crippen molar-refractivity contribution in [2.24, 2.45) is 0 Å². The minimum absolute atomic E-state index is 0. The summed E-state index contributed by atoms with van der Waals surface area (Å²) in [4.78, 5) is 7.75. The summed E-state index contributed by atoms with van der Waals surface area (Å²) in [7, 11) is -2.63. The first-order chi connectivity index (χ1) is 29.3. The first-order valence-corrected chi connectivity index (χ1v) is 24.2. The molecule has 60 heavy (non-hydrogen) atoms. The fraction of sp³-hybridized carbons (Fsp3) is 0. The molecule has 0 heterocycles. The van der Waals surface area contributed by atoms with Gasteiger partial charge >= 0.3 is 19.5 Å². The largest absolute Gasteiger partial charge is 0.102 e. The Bertz CT molecular complexity index is 1890. The Hall–Kier alpha value is -5.44. The van der Waals surface area contributed by atoms with E-state index in [9.17, 15) is 0 Å². The molecule has 9 aromatic rings. The number of hydrogen-bond acceptors (Lipinski definition) is 1. The second kappa shape index (κ2) is 25.9. The van der Waals surface area contributed by atoms with Gasteiger partial charge < -0.3 is 4.79 Å². The molecule has 0 aliphatic heterocycles. The average molecular weight is 922 g/mol. The Balaban J connectivity index is 0.000000166. The Labute approximate surface area is 373 Å². The fourth-order valence-electron chi connectivity index (χ4n) is 6.94. The fourth-order valence-corrected chi connectivity index (χ4v) is 14.7. The number of rotatable bonds is 9.